The van der Waals surface area contributed by atoms with Crippen molar-refractivity contribution >= 4 is 29.8 Å². The highest BCUT2D eigenvalue weighted by atomic mass is 19.4. The SMILES string of the molecule is CN(C(=O)C1=C[C@H]2OC3(Cc4ccccc4C3)O[C@H]2[C@H](OC(=O)c2ccc(C=CC(=O)OCC(F)(F)F)cc2)C1)[C@H](Cc1ccccc1)C(=O)NCCO. The van der Waals surface area contributed by atoms with Gasteiger partial charge in [0.05, 0.1) is 12.2 Å². The van der Waals surface area contributed by atoms with Gasteiger partial charge in [-0.1, -0.05) is 66.7 Å². The van der Waals surface area contributed by atoms with Gasteiger partial charge < -0.3 is 34.3 Å². The van der Waals surface area contributed by atoms with Crippen LogP contribution >= 0.6 is 0 Å². The van der Waals surface area contributed by atoms with Crippen LogP contribution in [0.5, 0.6) is 0 Å². The molecule has 2 amide bonds. The number of carbonyl (C=O) groups is 4. The highest BCUT2D eigenvalue weighted by molar-refractivity contribution is 5.97. The van der Waals surface area contributed by atoms with E-state index < -0.39 is 66.7 Å². The Balaban J connectivity index is 1.21. The average Bonchev–Trinajstić information content (AvgIpc) is 3.71. The molecule has 0 unspecified atom stereocenters. The van der Waals surface area contributed by atoms with E-state index in [0.29, 0.717) is 18.4 Å². The Labute approximate surface area is 309 Å². The number of amides is 2. The third kappa shape index (κ3) is 9.24. The molecule has 3 aromatic carbocycles. The molecule has 2 aliphatic carbocycles. The molecular formula is C40H39F3N2O9. The lowest BCUT2D eigenvalue weighted by molar-refractivity contribution is -0.182. The van der Waals surface area contributed by atoms with E-state index in [0.717, 1.165) is 22.8 Å². The van der Waals surface area contributed by atoms with Crippen molar-refractivity contribution < 1.29 is 56.4 Å². The van der Waals surface area contributed by atoms with Gasteiger partial charge in [-0.05, 0) is 46.5 Å². The number of alkyl halides is 3. The van der Waals surface area contributed by atoms with Gasteiger partial charge in [-0.25, -0.2) is 9.59 Å². The normalized spacial score (nSPS) is 20.5. The van der Waals surface area contributed by atoms with Crippen LogP contribution in [-0.4, -0.2) is 96.9 Å². The Hall–Kier alpha value is -5.31. The standard InChI is InChI=1S/C40H39F3N2O9/c1-45(31(36(48)44-17-18-46)19-26-7-3-2-4-8-26)37(49)30-20-32(35-33(21-30)53-39(54-35)22-28-9-5-6-10-29(28)23-39)52-38(50)27-14-11-25(12-15-27)13-16-34(47)51-24-40(41,42)43/h2-16,21,31-33,35,46H,17-20,22-24H2,1H3,(H,44,48)/t31-,32-,33-,35+/m1/s1. The van der Waals surface area contributed by atoms with Crippen molar-refractivity contribution in [1.29, 1.82) is 0 Å². The molecule has 1 saturated heterocycles. The molecule has 4 atom stereocenters. The highest BCUT2D eigenvalue weighted by Crippen LogP contribution is 2.45. The summed E-state index contributed by atoms with van der Waals surface area (Å²) in [5.41, 5.74) is 3.75. The fraction of sp³-hybridized carbons (Fsp3) is 0.350. The summed E-state index contributed by atoms with van der Waals surface area (Å²) in [6.07, 6.45) is -2.30. The largest absolute Gasteiger partial charge is 0.456 e. The van der Waals surface area contributed by atoms with Gasteiger partial charge in [0.2, 0.25) is 11.8 Å². The molecule has 11 nitrogen and oxygen atoms in total. The minimum Gasteiger partial charge on any atom is -0.456 e. The lowest BCUT2D eigenvalue weighted by Gasteiger charge is -2.33. The van der Waals surface area contributed by atoms with Crippen molar-refractivity contribution in [3.05, 3.63) is 124 Å². The first-order chi connectivity index (χ1) is 25.8. The number of fused-ring (bicyclic) bond motifs is 2. The number of hydrogen-bond acceptors (Lipinski definition) is 9. The summed E-state index contributed by atoms with van der Waals surface area (Å²) < 4.78 is 60.3. The predicted molar refractivity (Wildman–Crippen MR) is 188 cm³/mol. The molecule has 14 heteroatoms. The number of nitrogens with one attached hydrogen (secondary N) is 1. The summed E-state index contributed by atoms with van der Waals surface area (Å²) in [5, 5.41) is 12.0. The molecule has 1 spiro atoms. The monoisotopic (exact) mass is 748 g/mol. The Morgan fingerprint density at radius 3 is 2.30 bits per heavy atom. The summed E-state index contributed by atoms with van der Waals surface area (Å²) in [4.78, 5) is 54.1. The topological polar surface area (TPSA) is 141 Å². The summed E-state index contributed by atoms with van der Waals surface area (Å²) >= 11 is 0. The van der Waals surface area contributed by atoms with E-state index in [1.54, 1.807) is 6.08 Å². The molecular weight excluding hydrogens is 709 g/mol. The zero-order valence-electron chi connectivity index (χ0n) is 29.3. The smallest absolute Gasteiger partial charge is 0.422 e. The first kappa shape index (κ1) is 38.4. The van der Waals surface area contributed by atoms with E-state index in [1.165, 1.54) is 42.3 Å². The van der Waals surface area contributed by atoms with Gasteiger partial charge in [0, 0.05) is 50.9 Å². The van der Waals surface area contributed by atoms with E-state index >= 15 is 0 Å². The number of nitrogens with zero attached hydrogens (tertiary/aromatic N) is 1. The van der Waals surface area contributed by atoms with Gasteiger partial charge in [0.1, 0.15) is 24.4 Å². The van der Waals surface area contributed by atoms with Crippen LogP contribution in [0, 0.1) is 0 Å². The molecule has 0 radical (unpaired) electrons. The molecule has 2 N–H and O–H groups in total. The summed E-state index contributed by atoms with van der Waals surface area (Å²) in [6, 6.07) is 22.0. The molecule has 284 valence electrons. The van der Waals surface area contributed by atoms with E-state index in [9.17, 15) is 37.5 Å². The first-order valence-electron chi connectivity index (χ1n) is 17.4. The molecule has 0 aromatic heterocycles. The van der Waals surface area contributed by atoms with Crippen LogP contribution in [0.25, 0.3) is 6.08 Å². The van der Waals surface area contributed by atoms with Gasteiger partial charge in [-0.2, -0.15) is 13.2 Å². The Bertz CT molecular complexity index is 1890. The number of aliphatic hydroxyl groups excluding tert-OH is 1. The average molecular weight is 749 g/mol. The number of ether oxygens (including phenoxy) is 4. The third-order valence-electron chi connectivity index (χ3n) is 9.46. The Kier molecular flexibility index (Phi) is 11.6. The zero-order valence-corrected chi connectivity index (χ0v) is 29.3. The molecule has 3 aromatic rings. The zero-order chi connectivity index (χ0) is 38.5. The van der Waals surface area contributed by atoms with Gasteiger partial charge in [0.25, 0.3) is 0 Å². The molecule has 1 heterocycles. The number of likely N-dealkylation sites (N-methyl/N-ethyl adjacent to an activating group) is 1. The molecule has 1 aliphatic heterocycles. The van der Waals surface area contributed by atoms with Crippen LogP contribution in [0.15, 0.2) is 96.6 Å². The van der Waals surface area contributed by atoms with E-state index in [2.05, 4.69) is 10.1 Å². The number of aliphatic hydroxyl groups is 1. The van der Waals surface area contributed by atoms with Crippen molar-refractivity contribution in [3.63, 3.8) is 0 Å². The number of benzene rings is 3. The Morgan fingerprint density at radius 1 is 0.981 bits per heavy atom. The maximum atomic E-state index is 14.2. The number of esters is 2. The maximum Gasteiger partial charge on any atom is 0.422 e. The molecule has 0 bridgehead atoms. The quantitative estimate of drug-likeness (QED) is 0.207. The van der Waals surface area contributed by atoms with E-state index in [4.69, 9.17) is 14.2 Å². The second-order valence-electron chi connectivity index (χ2n) is 13.4. The van der Waals surface area contributed by atoms with E-state index in [-0.39, 0.29) is 37.1 Å². The van der Waals surface area contributed by atoms with Crippen molar-refractivity contribution in [2.45, 2.75) is 62.0 Å². The maximum absolute atomic E-state index is 14.2. The molecule has 6 rings (SSSR count). The van der Waals surface area contributed by atoms with Crippen LogP contribution in [0.2, 0.25) is 0 Å². The van der Waals surface area contributed by atoms with Gasteiger partial charge >= 0.3 is 18.1 Å². The van der Waals surface area contributed by atoms with Crippen LogP contribution in [0.4, 0.5) is 13.2 Å². The van der Waals surface area contributed by atoms with Crippen LogP contribution < -0.4 is 5.32 Å². The number of halogens is 3. The second-order valence-corrected chi connectivity index (χ2v) is 13.4. The predicted octanol–water partition coefficient (Wildman–Crippen LogP) is 4.12. The van der Waals surface area contributed by atoms with Crippen LogP contribution in [-0.2, 0) is 52.6 Å². The first-order valence-corrected chi connectivity index (χ1v) is 17.4. The Morgan fingerprint density at radius 2 is 1.65 bits per heavy atom. The summed E-state index contributed by atoms with van der Waals surface area (Å²) in [5.74, 6) is -3.87. The minimum absolute atomic E-state index is 0.0120. The highest BCUT2D eigenvalue weighted by Gasteiger charge is 2.55. The number of rotatable bonds is 12. The van der Waals surface area contributed by atoms with Gasteiger partial charge in [-0.3, -0.25) is 9.59 Å². The van der Waals surface area contributed by atoms with E-state index in [1.807, 2.05) is 54.6 Å². The second kappa shape index (κ2) is 16.4. The summed E-state index contributed by atoms with van der Waals surface area (Å²) in [6.45, 7) is -1.97. The van der Waals surface area contributed by atoms with Crippen molar-refractivity contribution in [2.24, 2.45) is 0 Å². The van der Waals surface area contributed by atoms with Crippen molar-refractivity contribution in [2.75, 3.05) is 26.8 Å². The van der Waals surface area contributed by atoms with Gasteiger partial charge in [0.15, 0.2) is 12.4 Å². The molecule has 54 heavy (non-hydrogen) atoms. The fourth-order valence-corrected chi connectivity index (χ4v) is 6.86. The number of hydrogen-bond donors (Lipinski definition) is 2. The molecule has 3 aliphatic rings. The number of carbonyl (C=O) groups excluding carboxylic acids is 4. The molecule has 1 fully saturated rings. The lowest BCUT2D eigenvalue weighted by Crippen LogP contribution is -2.51. The fourth-order valence-electron chi connectivity index (χ4n) is 6.86. The van der Waals surface area contributed by atoms with Gasteiger partial charge in [-0.15, -0.1) is 0 Å². The van der Waals surface area contributed by atoms with Crippen LogP contribution in [0.1, 0.15) is 39.0 Å². The van der Waals surface area contributed by atoms with Crippen molar-refractivity contribution in [1.82, 2.24) is 10.2 Å². The van der Waals surface area contributed by atoms with Crippen LogP contribution in [0.3, 0.4) is 0 Å². The summed E-state index contributed by atoms with van der Waals surface area (Å²) in [7, 11) is 1.52. The minimum atomic E-state index is -4.65. The van der Waals surface area contributed by atoms with Crippen molar-refractivity contribution in [3.8, 4) is 0 Å². The lowest BCUT2D eigenvalue weighted by atomic mass is 9.90. The third-order valence-corrected chi connectivity index (χ3v) is 9.46. The molecule has 0 saturated carbocycles.